The molecule has 0 saturated carbocycles. The molecule has 0 bridgehead atoms. The fourth-order valence-electron chi connectivity index (χ4n) is 1.92. The number of amides is 1. The summed E-state index contributed by atoms with van der Waals surface area (Å²) in [5.41, 5.74) is 0. The lowest BCUT2D eigenvalue weighted by molar-refractivity contribution is -0.459. The maximum Gasteiger partial charge on any atom is 0.460 e. The molecule has 1 amide bonds. The van der Waals surface area contributed by atoms with E-state index in [-0.39, 0.29) is 21.4 Å². The van der Waals surface area contributed by atoms with Gasteiger partial charge < -0.3 is 0 Å². The number of carbonyl (C=O) groups is 1. The number of anilines is 1. The average Bonchev–Trinajstić information content (AvgIpc) is 3.13. The Bertz CT molecular complexity index is 958. The molecule has 210 valence electrons. The van der Waals surface area contributed by atoms with Crippen molar-refractivity contribution in [3.8, 4) is 0 Å². The Kier molecular flexibility index (Phi) is 8.22. The van der Waals surface area contributed by atoms with Crippen LogP contribution in [0.1, 0.15) is 6.92 Å². The standard InChI is InChI=1S/C13H6F17N3OS2/c1-2-35-5-33-32-4(36-5)31-3(34)6(14,15)7(16,17)8(18,19)9(20,21)10(22,23)11(24,25)12(26,27)13(28,29)30/h2H2,1H3,(H,31,32,34). The van der Waals surface area contributed by atoms with Gasteiger partial charge in [-0.25, -0.2) is 0 Å². The first-order valence-corrected chi connectivity index (χ1v) is 9.97. The molecular weight excluding hydrogens is 601 g/mol. The number of nitrogens with zero attached hydrogens (tertiary/aromatic N) is 2. The summed E-state index contributed by atoms with van der Waals surface area (Å²) in [5, 5.41) is 5.58. The molecule has 0 atom stereocenters. The van der Waals surface area contributed by atoms with Crippen molar-refractivity contribution in [2.24, 2.45) is 0 Å². The molecule has 36 heavy (non-hydrogen) atoms. The minimum atomic E-state index is -8.76. The van der Waals surface area contributed by atoms with Crippen molar-refractivity contribution >= 4 is 34.1 Å². The van der Waals surface area contributed by atoms with Gasteiger partial charge in [-0.05, 0) is 5.75 Å². The zero-order valence-corrected chi connectivity index (χ0v) is 17.9. The van der Waals surface area contributed by atoms with Crippen LogP contribution in [0.2, 0.25) is 0 Å². The Hall–Kier alpha value is -1.81. The third-order valence-electron chi connectivity index (χ3n) is 3.90. The molecule has 0 spiro atoms. The van der Waals surface area contributed by atoms with Crippen LogP contribution in [0, 0.1) is 0 Å². The third-order valence-corrected chi connectivity index (χ3v) is 5.76. The predicted molar refractivity (Wildman–Crippen MR) is 85.6 cm³/mol. The Morgan fingerprint density at radius 1 is 0.694 bits per heavy atom. The number of halogens is 17. The first-order valence-electron chi connectivity index (χ1n) is 8.17. The van der Waals surface area contributed by atoms with E-state index in [9.17, 15) is 79.4 Å². The van der Waals surface area contributed by atoms with Crippen LogP contribution in [0.3, 0.4) is 0 Å². The highest BCUT2D eigenvalue weighted by atomic mass is 32.2. The predicted octanol–water partition coefficient (Wildman–Crippen LogP) is 6.60. The monoisotopic (exact) mass is 607 g/mol. The van der Waals surface area contributed by atoms with Gasteiger partial charge in [0.1, 0.15) is 0 Å². The van der Waals surface area contributed by atoms with E-state index in [1.54, 1.807) is 0 Å². The molecule has 4 nitrogen and oxygen atoms in total. The average molecular weight is 607 g/mol. The van der Waals surface area contributed by atoms with Gasteiger partial charge in [-0.3, -0.25) is 10.1 Å². The molecule has 0 aliphatic heterocycles. The number of thioether (sulfide) groups is 1. The van der Waals surface area contributed by atoms with Crippen molar-refractivity contribution in [3.05, 3.63) is 0 Å². The van der Waals surface area contributed by atoms with Crippen LogP contribution >= 0.6 is 23.1 Å². The van der Waals surface area contributed by atoms with Crippen LogP contribution in [0.15, 0.2) is 4.34 Å². The fraction of sp³-hybridized carbons (Fsp3) is 0.769. The van der Waals surface area contributed by atoms with Gasteiger partial charge in [0.2, 0.25) is 5.13 Å². The first kappa shape index (κ1) is 32.2. The van der Waals surface area contributed by atoms with Gasteiger partial charge in [-0.1, -0.05) is 30.0 Å². The number of nitrogens with one attached hydrogen (secondary N) is 1. The van der Waals surface area contributed by atoms with Crippen molar-refractivity contribution in [2.45, 2.75) is 58.9 Å². The van der Waals surface area contributed by atoms with Gasteiger partial charge in [0, 0.05) is 0 Å². The maximum atomic E-state index is 13.8. The zero-order valence-electron chi connectivity index (χ0n) is 16.3. The van der Waals surface area contributed by atoms with Crippen LogP contribution in [-0.2, 0) is 4.79 Å². The summed E-state index contributed by atoms with van der Waals surface area (Å²) in [6.45, 7) is 1.49. The second kappa shape index (κ2) is 9.19. The fourth-order valence-corrected chi connectivity index (χ4v) is 3.57. The van der Waals surface area contributed by atoms with Crippen molar-refractivity contribution < 1.29 is 79.4 Å². The van der Waals surface area contributed by atoms with E-state index in [0.717, 1.165) is 11.8 Å². The Morgan fingerprint density at radius 3 is 1.47 bits per heavy atom. The summed E-state index contributed by atoms with van der Waals surface area (Å²) in [6, 6.07) is 0. The van der Waals surface area contributed by atoms with E-state index >= 15 is 0 Å². The van der Waals surface area contributed by atoms with Crippen molar-refractivity contribution in [3.63, 3.8) is 0 Å². The molecular formula is C13H6F17N3OS2. The van der Waals surface area contributed by atoms with Gasteiger partial charge in [0.05, 0.1) is 0 Å². The lowest BCUT2D eigenvalue weighted by Gasteiger charge is -2.42. The molecule has 0 aliphatic carbocycles. The molecule has 1 N–H and O–H groups in total. The highest BCUT2D eigenvalue weighted by Gasteiger charge is 2.95. The number of alkyl halides is 17. The van der Waals surface area contributed by atoms with Crippen LogP contribution < -0.4 is 5.32 Å². The maximum absolute atomic E-state index is 13.8. The minimum absolute atomic E-state index is 0.124. The van der Waals surface area contributed by atoms with Crippen LogP contribution in [-0.4, -0.2) is 69.5 Å². The highest BCUT2D eigenvalue weighted by Crippen LogP contribution is 2.64. The molecule has 0 aliphatic rings. The Labute approximate surface area is 194 Å². The zero-order chi connectivity index (χ0) is 29.0. The van der Waals surface area contributed by atoms with E-state index in [4.69, 9.17) is 0 Å². The quantitative estimate of drug-likeness (QED) is 0.185. The number of hydrogen-bond donors (Lipinski definition) is 1. The first-order chi connectivity index (χ1) is 15.7. The Morgan fingerprint density at radius 2 is 1.08 bits per heavy atom. The number of carbonyl (C=O) groups excluding carboxylic acids is 1. The van der Waals surface area contributed by atoms with Crippen LogP contribution in [0.4, 0.5) is 79.8 Å². The molecule has 0 unspecified atom stereocenters. The molecule has 0 saturated heterocycles. The molecule has 1 rings (SSSR count). The van der Waals surface area contributed by atoms with Gasteiger partial charge in [-0.15, -0.1) is 10.2 Å². The number of hydrogen-bond acceptors (Lipinski definition) is 5. The number of aromatic nitrogens is 2. The van der Waals surface area contributed by atoms with E-state index in [1.165, 1.54) is 6.92 Å². The molecule has 1 aromatic rings. The van der Waals surface area contributed by atoms with Crippen molar-refractivity contribution in [1.29, 1.82) is 0 Å². The van der Waals surface area contributed by atoms with Crippen molar-refractivity contribution in [1.82, 2.24) is 10.2 Å². The summed E-state index contributed by atoms with van der Waals surface area (Å²) >= 11 is 0.920. The van der Waals surface area contributed by atoms with Crippen LogP contribution in [0.25, 0.3) is 0 Å². The normalized spacial score (nSPS) is 15.3. The summed E-state index contributed by atoms with van der Waals surface area (Å²) in [4.78, 5) is 11.4. The molecule has 1 heterocycles. The van der Waals surface area contributed by atoms with E-state index in [0.29, 0.717) is 5.32 Å². The topological polar surface area (TPSA) is 54.9 Å². The summed E-state index contributed by atoms with van der Waals surface area (Å²) in [7, 11) is 0. The van der Waals surface area contributed by atoms with Gasteiger partial charge in [0.25, 0.3) is 0 Å². The molecule has 1 aromatic heterocycles. The SMILES string of the molecule is CCSc1nnc(NC(=O)C(F)(F)C(F)(F)C(F)(F)C(F)(F)C(F)(F)C(F)(F)C(F)(F)C(F)(F)F)s1. The van der Waals surface area contributed by atoms with E-state index in [2.05, 4.69) is 10.2 Å². The van der Waals surface area contributed by atoms with E-state index < -0.39 is 58.7 Å². The van der Waals surface area contributed by atoms with Crippen molar-refractivity contribution in [2.75, 3.05) is 11.1 Å². The molecule has 0 aromatic carbocycles. The van der Waals surface area contributed by atoms with Gasteiger partial charge in [-0.2, -0.15) is 74.6 Å². The van der Waals surface area contributed by atoms with Crippen LogP contribution in [0.5, 0.6) is 0 Å². The second-order valence-electron chi connectivity index (χ2n) is 6.28. The summed E-state index contributed by atoms with van der Waals surface area (Å²) < 4.78 is 224. The summed E-state index contributed by atoms with van der Waals surface area (Å²) in [5.74, 6) is -61.7. The van der Waals surface area contributed by atoms with Gasteiger partial charge >= 0.3 is 53.5 Å². The molecule has 0 radical (unpaired) electrons. The molecule has 0 fully saturated rings. The third kappa shape index (κ3) is 4.52. The highest BCUT2D eigenvalue weighted by molar-refractivity contribution is 8.01. The minimum Gasteiger partial charge on any atom is -0.295 e. The lowest BCUT2D eigenvalue weighted by atomic mass is 9.89. The smallest absolute Gasteiger partial charge is 0.295 e. The van der Waals surface area contributed by atoms with Gasteiger partial charge in [0.15, 0.2) is 4.34 Å². The Balaban J connectivity index is 3.51. The second-order valence-corrected chi connectivity index (χ2v) is 8.77. The lowest BCUT2D eigenvalue weighted by Crippen LogP contribution is -2.75. The molecule has 23 heteroatoms. The summed E-state index contributed by atoms with van der Waals surface area (Å²) in [6.07, 6.45) is -7.84. The largest absolute Gasteiger partial charge is 0.460 e. The van der Waals surface area contributed by atoms with E-state index in [1.807, 2.05) is 0 Å². The number of rotatable bonds is 10.